The Hall–Kier alpha value is -0.220. The molecular formula is C11H19NO2S. The van der Waals surface area contributed by atoms with Crippen LogP contribution in [0.2, 0.25) is 0 Å². The summed E-state index contributed by atoms with van der Waals surface area (Å²) in [7, 11) is 0. The Kier molecular flexibility index (Phi) is 3.92. The molecule has 3 nitrogen and oxygen atoms in total. The standard InChI is InChI=1S/C11H19NO2S/c13-11(14)9-4-5-10(9)12-7-8-3-1-2-6-15-8/h8-10,12H,1-7H2,(H,13,14). The number of carboxylic acid groups (broad SMARTS) is 1. The van der Waals surface area contributed by atoms with E-state index in [0.29, 0.717) is 5.25 Å². The van der Waals surface area contributed by atoms with E-state index in [1.165, 1.54) is 25.0 Å². The first-order valence-corrected chi connectivity index (χ1v) is 6.90. The van der Waals surface area contributed by atoms with E-state index >= 15 is 0 Å². The highest BCUT2D eigenvalue weighted by Gasteiger charge is 2.36. The molecule has 0 amide bonds. The smallest absolute Gasteiger partial charge is 0.308 e. The van der Waals surface area contributed by atoms with Gasteiger partial charge in [-0.05, 0) is 31.4 Å². The summed E-state index contributed by atoms with van der Waals surface area (Å²) in [6.07, 6.45) is 5.87. The Labute approximate surface area is 95.0 Å². The van der Waals surface area contributed by atoms with Gasteiger partial charge in [0.05, 0.1) is 5.92 Å². The molecule has 3 unspecified atom stereocenters. The lowest BCUT2D eigenvalue weighted by atomic mass is 9.79. The van der Waals surface area contributed by atoms with Crippen LogP contribution in [0.25, 0.3) is 0 Å². The second-order valence-corrected chi connectivity index (χ2v) is 5.93. The van der Waals surface area contributed by atoms with Crippen molar-refractivity contribution in [2.75, 3.05) is 12.3 Å². The van der Waals surface area contributed by atoms with Gasteiger partial charge in [-0.25, -0.2) is 0 Å². The van der Waals surface area contributed by atoms with Crippen molar-refractivity contribution < 1.29 is 9.90 Å². The lowest BCUT2D eigenvalue weighted by molar-refractivity contribution is -0.146. The first kappa shape index (κ1) is 11.3. The fourth-order valence-corrected chi connectivity index (χ4v) is 3.54. The summed E-state index contributed by atoms with van der Waals surface area (Å²) in [6, 6.07) is 0.241. The summed E-state index contributed by atoms with van der Waals surface area (Å²) in [5, 5.41) is 13.0. The third kappa shape index (κ3) is 2.88. The predicted octanol–water partition coefficient (Wildman–Crippen LogP) is 1.72. The number of thioether (sulfide) groups is 1. The van der Waals surface area contributed by atoms with Crippen molar-refractivity contribution in [1.82, 2.24) is 5.32 Å². The molecule has 1 saturated heterocycles. The zero-order valence-corrected chi connectivity index (χ0v) is 9.76. The van der Waals surface area contributed by atoms with Gasteiger partial charge in [-0.15, -0.1) is 0 Å². The van der Waals surface area contributed by atoms with Crippen LogP contribution in [0, 0.1) is 5.92 Å². The summed E-state index contributed by atoms with van der Waals surface area (Å²) in [5.74, 6) is 0.521. The van der Waals surface area contributed by atoms with E-state index in [1.54, 1.807) is 0 Å². The van der Waals surface area contributed by atoms with Gasteiger partial charge in [0.15, 0.2) is 0 Å². The van der Waals surface area contributed by atoms with Gasteiger partial charge in [0.2, 0.25) is 0 Å². The summed E-state index contributed by atoms with van der Waals surface area (Å²) < 4.78 is 0. The number of rotatable bonds is 4. The van der Waals surface area contributed by atoms with Crippen LogP contribution < -0.4 is 5.32 Å². The second-order valence-electron chi connectivity index (χ2n) is 4.53. The molecule has 0 aromatic heterocycles. The minimum absolute atomic E-state index is 0.126. The number of hydrogen-bond donors (Lipinski definition) is 2. The van der Waals surface area contributed by atoms with Gasteiger partial charge in [-0.1, -0.05) is 6.42 Å². The van der Waals surface area contributed by atoms with Crippen LogP contribution in [0.5, 0.6) is 0 Å². The molecule has 1 aliphatic carbocycles. The van der Waals surface area contributed by atoms with E-state index in [9.17, 15) is 4.79 Å². The summed E-state index contributed by atoms with van der Waals surface area (Å²) in [5.41, 5.74) is 0. The van der Waals surface area contributed by atoms with Gasteiger partial charge >= 0.3 is 5.97 Å². The van der Waals surface area contributed by atoms with Crippen LogP contribution >= 0.6 is 11.8 Å². The highest BCUT2D eigenvalue weighted by Crippen LogP contribution is 2.29. The Morgan fingerprint density at radius 2 is 2.20 bits per heavy atom. The van der Waals surface area contributed by atoms with E-state index in [0.717, 1.165) is 19.4 Å². The molecule has 1 aliphatic heterocycles. The van der Waals surface area contributed by atoms with Crippen LogP contribution in [0.1, 0.15) is 32.1 Å². The summed E-state index contributed by atoms with van der Waals surface area (Å²) >= 11 is 2.04. The van der Waals surface area contributed by atoms with Crippen molar-refractivity contribution in [3.63, 3.8) is 0 Å². The number of hydrogen-bond acceptors (Lipinski definition) is 3. The predicted molar refractivity (Wildman–Crippen MR) is 62.2 cm³/mol. The second kappa shape index (κ2) is 5.21. The summed E-state index contributed by atoms with van der Waals surface area (Å²) in [6.45, 7) is 0.999. The van der Waals surface area contributed by atoms with Crippen molar-refractivity contribution in [3.05, 3.63) is 0 Å². The van der Waals surface area contributed by atoms with Gasteiger partial charge in [0, 0.05) is 17.8 Å². The third-order valence-electron chi connectivity index (χ3n) is 3.47. The van der Waals surface area contributed by atoms with Gasteiger partial charge in [-0.2, -0.15) is 11.8 Å². The normalized spacial score (nSPS) is 35.9. The van der Waals surface area contributed by atoms with E-state index < -0.39 is 5.97 Å². The fraction of sp³-hybridized carbons (Fsp3) is 0.909. The Bertz CT molecular complexity index is 229. The Balaban J connectivity index is 1.67. The zero-order chi connectivity index (χ0) is 10.7. The van der Waals surface area contributed by atoms with E-state index in [2.05, 4.69) is 5.32 Å². The lowest BCUT2D eigenvalue weighted by Crippen LogP contribution is -2.49. The van der Waals surface area contributed by atoms with Crippen molar-refractivity contribution in [1.29, 1.82) is 0 Å². The molecule has 0 spiro atoms. The molecule has 2 N–H and O–H groups in total. The maximum atomic E-state index is 10.8. The largest absolute Gasteiger partial charge is 0.481 e. The van der Waals surface area contributed by atoms with Gasteiger partial charge in [0.25, 0.3) is 0 Å². The van der Waals surface area contributed by atoms with Crippen LogP contribution in [-0.4, -0.2) is 34.7 Å². The monoisotopic (exact) mass is 229 g/mol. The number of carbonyl (C=O) groups is 1. The highest BCUT2D eigenvalue weighted by molar-refractivity contribution is 7.99. The number of nitrogens with one attached hydrogen (secondary N) is 1. The highest BCUT2D eigenvalue weighted by atomic mass is 32.2. The molecule has 2 rings (SSSR count). The minimum Gasteiger partial charge on any atom is -0.481 e. The molecule has 0 radical (unpaired) electrons. The number of carboxylic acids is 1. The van der Waals surface area contributed by atoms with Crippen LogP contribution in [0.15, 0.2) is 0 Å². The van der Waals surface area contributed by atoms with Gasteiger partial charge in [0.1, 0.15) is 0 Å². The first-order chi connectivity index (χ1) is 7.27. The lowest BCUT2D eigenvalue weighted by Gasteiger charge is -2.35. The average molecular weight is 229 g/mol. The van der Waals surface area contributed by atoms with Gasteiger partial charge < -0.3 is 10.4 Å². The quantitative estimate of drug-likeness (QED) is 0.770. The molecule has 0 aromatic rings. The molecule has 1 saturated carbocycles. The van der Waals surface area contributed by atoms with Crippen molar-refractivity contribution in [2.45, 2.75) is 43.4 Å². The van der Waals surface area contributed by atoms with Gasteiger partial charge in [-0.3, -0.25) is 4.79 Å². The SMILES string of the molecule is O=C(O)C1CCC1NCC1CCCCS1. The third-order valence-corrected chi connectivity index (χ3v) is 4.87. The molecule has 2 aliphatic rings. The molecule has 3 atom stereocenters. The van der Waals surface area contributed by atoms with Crippen LogP contribution in [-0.2, 0) is 4.79 Å². The van der Waals surface area contributed by atoms with Crippen molar-refractivity contribution in [3.8, 4) is 0 Å². The van der Waals surface area contributed by atoms with E-state index in [-0.39, 0.29) is 12.0 Å². The molecule has 0 bridgehead atoms. The molecule has 15 heavy (non-hydrogen) atoms. The average Bonchev–Trinajstić information content (AvgIpc) is 2.17. The Morgan fingerprint density at radius 1 is 1.33 bits per heavy atom. The number of aliphatic carboxylic acids is 1. The fourth-order valence-electron chi connectivity index (χ4n) is 2.29. The van der Waals surface area contributed by atoms with E-state index in [1.807, 2.05) is 11.8 Å². The zero-order valence-electron chi connectivity index (χ0n) is 8.95. The molecular weight excluding hydrogens is 210 g/mol. The molecule has 2 fully saturated rings. The maximum absolute atomic E-state index is 10.8. The minimum atomic E-state index is -0.630. The van der Waals surface area contributed by atoms with Crippen molar-refractivity contribution in [2.24, 2.45) is 5.92 Å². The maximum Gasteiger partial charge on any atom is 0.308 e. The first-order valence-electron chi connectivity index (χ1n) is 5.85. The van der Waals surface area contributed by atoms with E-state index in [4.69, 9.17) is 5.11 Å². The molecule has 0 aromatic carbocycles. The molecule has 86 valence electrons. The van der Waals surface area contributed by atoms with Crippen LogP contribution in [0.3, 0.4) is 0 Å². The topological polar surface area (TPSA) is 49.3 Å². The van der Waals surface area contributed by atoms with Crippen LogP contribution in [0.4, 0.5) is 0 Å². The Morgan fingerprint density at radius 3 is 2.73 bits per heavy atom. The van der Waals surface area contributed by atoms with Crippen molar-refractivity contribution >= 4 is 17.7 Å². The summed E-state index contributed by atoms with van der Waals surface area (Å²) in [4.78, 5) is 10.8. The molecule has 4 heteroatoms. The molecule has 1 heterocycles.